The van der Waals surface area contributed by atoms with E-state index in [0.717, 1.165) is 15.6 Å². The van der Waals surface area contributed by atoms with Crippen LogP contribution in [0.2, 0.25) is 0 Å². The third-order valence-electron chi connectivity index (χ3n) is 5.06. The van der Waals surface area contributed by atoms with Gasteiger partial charge in [-0.2, -0.15) is 5.10 Å². The van der Waals surface area contributed by atoms with Crippen molar-refractivity contribution < 1.29 is 19.1 Å². The number of rotatable bonds is 6. The molecule has 0 bridgehead atoms. The Balaban J connectivity index is 1.63. The van der Waals surface area contributed by atoms with E-state index < -0.39 is 0 Å². The van der Waals surface area contributed by atoms with Crippen molar-refractivity contribution in [3.8, 4) is 0 Å². The van der Waals surface area contributed by atoms with Crippen molar-refractivity contribution in [2.45, 2.75) is 6.10 Å². The number of aromatic nitrogens is 2. The van der Waals surface area contributed by atoms with E-state index in [-0.39, 0.29) is 17.9 Å². The highest BCUT2D eigenvalue weighted by Crippen LogP contribution is 2.38. The molecule has 4 rings (SSSR count). The summed E-state index contributed by atoms with van der Waals surface area (Å²) in [6, 6.07) is 7.90. The molecule has 8 nitrogen and oxygen atoms in total. The molecule has 3 aromatic rings. The lowest BCUT2D eigenvalue weighted by atomic mass is 10.0. The number of ether oxygens (including phenoxy) is 2. The zero-order chi connectivity index (χ0) is 21.1. The van der Waals surface area contributed by atoms with Crippen LogP contribution in [0.4, 0.5) is 0 Å². The van der Waals surface area contributed by atoms with Crippen molar-refractivity contribution in [2.75, 3.05) is 40.0 Å². The van der Waals surface area contributed by atoms with E-state index in [9.17, 15) is 9.59 Å². The van der Waals surface area contributed by atoms with Crippen LogP contribution in [-0.4, -0.2) is 66.5 Å². The number of nitrogens with one attached hydrogen (secondary N) is 1. The Morgan fingerprint density at radius 3 is 2.97 bits per heavy atom. The highest BCUT2D eigenvalue weighted by atomic mass is 32.1. The summed E-state index contributed by atoms with van der Waals surface area (Å²) < 4.78 is 13.7. The first-order valence-electron chi connectivity index (χ1n) is 9.76. The van der Waals surface area contributed by atoms with Crippen molar-refractivity contribution in [2.24, 2.45) is 7.05 Å². The fraction of sp³-hybridized carbons (Fsp3) is 0.381. The Morgan fingerprint density at radius 2 is 2.20 bits per heavy atom. The normalized spacial score (nSPS) is 16.7. The van der Waals surface area contributed by atoms with Gasteiger partial charge >= 0.3 is 0 Å². The topological polar surface area (TPSA) is 85.7 Å². The van der Waals surface area contributed by atoms with Crippen LogP contribution < -0.4 is 5.32 Å². The van der Waals surface area contributed by atoms with Crippen LogP contribution in [0.5, 0.6) is 0 Å². The average molecular weight is 429 g/mol. The minimum Gasteiger partial charge on any atom is -0.383 e. The van der Waals surface area contributed by atoms with Gasteiger partial charge in [0.2, 0.25) is 0 Å². The van der Waals surface area contributed by atoms with Crippen molar-refractivity contribution in [3.05, 3.63) is 52.7 Å². The number of fused-ring (bicyclic) bond motifs is 1. The number of hydrogen-bond acceptors (Lipinski definition) is 6. The third-order valence-corrected chi connectivity index (χ3v) is 6.24. The van der Waals surface area contributed by atoms with Gasteiger partial charge in [0, 0.05) is 43.7 Å². The van der Waals surface area contributed by atoms with E-state index in [2.05, 4.69) is 10.4 Å². The number of amides is 2. The molecular weight excluding hydrogens is 404 g/mol. The van der Waals surface area contributed by atoms with Gasteiger partial charge in [0.15, 0.2) is 0 Å². The number of thiophene rings is 1. The molecule has 158 valence electrons. The molecule has 1 atom stereocenters. The predicted molar refractivity (Wildman–Crippen MR) is 114 cm³/mol. The number of carbonyl (C=O) groups excluding carboxylic acids is 2. The highest BCUT2D eigenvalue weighted by Gasteiger charge is 2.32. The predicted octanol–water partition coefficient (Wildman–Crippen LogP) is 2.22. The van der Waals surface area contributed by atoms with Crippen LogP contribution in [0, 0.1) is 0 Å². The van der Waals surface area contributed by atoms with Crippen LogP contribution in [0.15, 0.2) is 36.7 Å². The summed E-state index contributed by atoms with van der Waals surface area (Å²) in [5.74, 6) is -0.232. The molecule has 0 aliphatic carbocycles. The van der Waals surface area contributed by atoms with E-state index in [1.54, 1.807) is 36.1 Å². The largest absolute Gasteiger partial charge is 0.383 e. The lowest BCUT2D eigenvalue weighted by Gasteiger charge is -2.33. The van der Waals surface area contributed by atoms with Gasteiger partial charge in [0.1, 0.15) is 6.10 Å². The second-order valence-electron chi connectivity index (χ2n) is 7.10. The lowest BCUT2D eigenvalue weighted by molar-refractivity contribution is -0.0222. The SMILES string of the molecule is COCCNC(=O)c1sc2ccccc2c1C1CN(C(=O)c2cnn(C)c2)CCO1. The molecule has 1 fully saturated rings. The molecule has 1 aliphatic rings. The molecule has 3 heterocycles. The van der Waals surface area contributed by atoms with Crippen LogP contribution in [-0.2, 0) is 16.5 Å². The Morgan fingerprint density at radius 1 is 1.37 bits per heavy atom. The molecule has 0 spiro atoms. The molecule has 30 heavy (non-hydrogen) atoms. The average Bonchev–Trinajstić information content (AvgIpc) is 3.37. The Labute approximate surface area is 178 Å². The molecule has 1 saturated heterocycles. The van der Waals surface area contributed by atoms with E-state index in [4.69, 9.17) is 9.47 Å². The van der Waals surface area contributed by atoms with Crippen molar-refractivity contribution in [1.82, 2.24) is 20.0 Å². The second kappa shape index (κ2) is 8.95. The summed E-state index contributed by atoms with van der Waals surface area (Å²) in [5, 5.41) is 7.98. The zero-order valence-electron chi connectivity index (χ0n) is 17.0. The first kappa shape index (κ1) is 20.5. The molecular formula is C21H24N4O4S. The summed E-state index contributed by atoms with van der Waals surface area (Å²) in [7, 11) is 3.38. The molecule has 1 aromatic carbocycles. The fourth-order valence-electron chi connectivity index (χ4n) is 3.62. The second-order valence-corrected chi connectivity index (χ2v) is 8.16. The smallest absolute Gasteiger partial charge is 0.261 e. The molecule has 2 aromatic heterocycles. The van der Waals surface area contributed by atoms with Gasteiger partial charge in [-0.1, -0.05) is 18.2 Å². The number of nitrogens with zero attached hydrogens (tertiary/aromatic N) is 3. The van der Waals surface area contributed by atoms with Gasteiger partial charge in [0.05, 0.1) is 36.4 Å². The third kappa shape index (κ3) is 4.09. The van der Waals surface area contributed by atoms with Crippen molar-refractivity contribution in [1.29, 1.82) is 0 Å². The van der Waals surface area contributed by atoms with E-state index in [1.165, 1.54) is 11.3 Å². The summed E-state index contributed by atoms with van der Waals surface area (Å²) in [4.78, 5) is 28.2. The van der Waals surface area contributed by atoms with Crippen LogP contribution in [0.3, 0.4) is 0 Å². The van der Waals surface area contributed by atoms with Crippen molar-refractivity contribution in [3.63, 3.8) is 0 Å². The standard InChI is InChI=1S/C21H24N4O4S/c1-24-12-14(11-23-24)21(27)25-8-10-29-16(13-25)18-15-5-3-4-6-17(15)30-19(18)20(26)22-7-9-28-2/h3-6,11-12,16H,7-10,13H2,1-2H3,(H,22,26). The Bertz CT molecular complexity index is 1060. The molecule has 0 radical (unpaired) electrons. The summed E-state index contributed by atoms with van der Waals surface area (Å²) in [5.41, 5.74) is 1.39. The Hall–Kier alpha value is -2.75. The van der Waals surface area contributed by atoms with Gasteiger partial charge < -0.3 is 19.7 Å². The van der Waals surface area contributed by atoms with E-state index >= 15 is 0 Å². The van der Waals surface area contributed by atoms with E-state index in [0.29, 0.717) is 43.3 Å². The van der Waals surface area contributed by atoms with Gasteiger partial charge in [-0.3, -0.25) is 14.3 Å². The zero-order valence-corrected chi connectivity index (χ0v) is 17.8. The molecule has 1 N–H and O–H groups in total. The highest BCUT2D eigenvalue weighted by molar-refractivity contribution is 7.21. The van der Waals surface area contributed by atoms with Crippen molar-refractivity contribution >= 4 is 33.2 Å². The summed E-state index contributed by atoms with van der Waals surface area (Å²) in [6.07, 6.45) is 2.90. The number of benzene rings is 1. The maximum atomic E-state index is 12.9. The van der Waals surface area contributed by atoms with Crippen LogP contribution in [0.25, 0.3) is 10.1 Å². The summed E-state index contributed by atoms with van der Waals surface area (Å²) in [6.45, 7) is 2.17. The van der Waals surface area contributed by atoms with Gasteiger partial charge in [0.25, 0.3) is 11.8 Å². The molecule has 1 unspecified atom stereocenters. The number of aryl methyl sites for hydroxylation is 1. The maximum Gasteiger partial charge on any atom is 0.261 e. The summed E-state index contributed by atoms with van der Waals surface area (Å²) >= 11 is 1.44. The minimum atomic E-state index is -0.376. The van der Waals surface area contributed by atoms with Gasteiger partial charge in [-0.05, 0) is 11.5 Å². The van der Waals surface area contributed by atoms with E-state index in [1.807, 2.05) is 24.3 Å². The number of hydrogen-bond donors (Lipinski definition) is 1. The minimum absolute atomic E-state index is 0.0815. The quantitative estimate of drug-likeness (QED) is 0.609. The molecule has 0 saturated carbocycles. The number of methoxy groups -OCH3 is 1. The molecule has 1 aliphatic heterocycles. The lowest BCUT2D eigenvalue weighted by Crippen LogP contribution is -2.42. The first-order valence-corrected chi connectivity index (χ1v) is 10.6. The molecule has 9 heteroatoms. The maximum absolute atomic E-state index is 12.9. The molecule has 2 amide bonds. The monoisotopic (exact) mass is 428 g/mol. The number of morpholine rings is 1. The first-order chi connectivity index (χ1) is 14.6. The van der Waals surface area contributed by atoms with Gasteiger partial charge in [-0.25, -0.2) is 0 Å². The van der Waals surface area contributed by atoms with Crippen LogP contribution >= 0.6 is 11.3 Å². The fourth-order valence-corrected chi connectivity index (χ4v) is 4.79. The Kier molecular flexibility index (Phi) is 6.12. The van der Waals surface area contributed by atoms with Crippen LogP contribution in [0.1, 0.15) is 31.7 Å². The number of carbonyl (C=O) groups is 2. The van der Waals surface area contributed by atoms with Gasteiger partial charge in [-0.15, -0.1) is 11.3 Å².